The van der Waals surface area contributed by atoms with Gasteiger partial charge >= 0.3 is 0 Å². The van der Waals surface area contributed by atoms with Crippen molar-refractivity contribution in [3.63, 3.8) is 0 Å². The average molecular weight is 437 g/mol. The van der Waals surface area contributed by atoms with Crippen molar-refractivity contribution in [2.24, 2.45) is 5.92 Å². The minimum absolute atomic E-state index is 0.0183. The first kappa shape index (κ1) is 21.7. The standard InChI is InChI=1S/C23H28N6O3/c1-16-21(27-32-26-16)13-25-22(30)12-19-4-3-10-29(15-19)23(31)20-7-5-18(6-8-20)14-28-11-9-24-17(28)2/h5-9,11,19H,3-4,10,12-15H2,1-2H3,(H,25,30). The molecule has 1 N–H and O–H groups in total. The van der Waals surface area contributed by atoms with Crippen molar-refractivity contribution in [1.82, 2.24) is 30.1 Å². The molecule has 0 bridgehead atoms. The van der Waals surface area contributed by atoms with Crippen LogP contribution in [0.3, 0.4) is 0 Å². The number of hydrogen-bond acceptors (Lipinski definition) is 6. The molecule has 0 radical (unpaired) electrons. The van der Waals surface area contributed by atoms with Crippen LogP contribution in [0.25, 0.3) is 0 Å². The third kappa shape index (κ3) is 5.22. The molecule has 0 aliphatic carbocycles. The molecule has 3 heterocycles. The summed E-state index contributed by atoms with van der Waals surface area (Å²) in [4.78, 5) is 31.5. The molecule has 9 heteroatoms. The highest BCUT2D eigenvalue weighted by atomic mass is 16.6. The molecule has 0 saturated carbocycles. The Kier molecular flexibility index (Phi) is 6.63. The van der Waals surface area contributed by atoms with Gasteiger partial charge < -0.3 is 14.8 Å². The minimum atomic E-state index is -0.0501. The number of benzene rings is 1. The van der Waals surface area contributed by atoms with Crippen molar-refractivity contribution in [1.29, 1.82) is 0 Å². The Morgan fingerprint density at radius 1 is 1.19 bits per heavy atom. The fourth-order valence-corrected chi connectivity index (χ4v) is 4.05. The highest BCUT2D eigenvalue weighted by molar-refractivity contribution is 5.94. The van der Waals surface area contributed by atoms with E-state index < -0.39 is 0 Å². The number of amides is 2. The second-order valence-corrected chi connectivity index (χ2v) is 8.34. The van der Waals surface area contributed by atoms with Gasteiger partial charge in [0.1, 0.15) is 17.2 Å². The zero-order chi connectivity index (χ0) is 22.5. The SMILES string of the molecule is Cc1nonc1CNC(=O)CC1CCCN(C(=O)c2ccc(Cn3ccnc3C)cc2)C1. The summed E-state index contributed by atoms with van der Waals surface area (Å²) in [6.07, 6.45) is 5.95. The lowest BCUT2D eigenvalue weighted by atomic mass is 9.94. The van der Waals surface area contributed by atoms with Gasteiger partial charge in [-0.1, -0.05) is 22.4 Å². The van der Waals surface area contributed by atoms with Gasteiger partial charge in [0.2, 0.25) is 5.91 Å². The maximum Gasteiger partial charge on any atom is 0.253 e. The number of imidazole rings is 1. The van der Waals surface area contributed by atoms with Crippen LogP contribution >= 0.6 is 0 Å². The fourth-order valence-electron chi connectivity index (χ4n) is 4.05. The normalized spacial score (nSPS) is 16.2. The van der Waals surface area contributed by atoms with Gasteiger partial charge in [-0.15, -0.1) is 0 Å². The molecule has 3 aromatic rings. The molecule has 2 aromatic heterocycles. The number of likely N-dealkylation sites (tertiary alicyclic amines) is 1. The maximum atomic E-state index is 13.0. The summed E-state index contributed by atoms with van der Waals surface area (Å²) >= 11 is 0. The molecule has 1 fully saturated rings. The summed E-state index contributed by atoms with van der Waals surface area (Å²) in [6.45, 7) is 6.09. The molecule has 168 valence electrons. The summed E-state index contributed by atoms with van der Waals surface area (Å²) in [6, 6.07) is 7.74. The summed E-state index contributed by atoms with van der Waals surface area (Å²) in [5, 5.41) is 10.4. The molecule has 9 nitrogen and oxygen atoms in total. The molecule has 4 rings (SSSR count). The minimum Gasteiger partial charge on any atom is -0.350 e. The van der Waals surface area contributed by atoms with Crippen LogP contribution < -0.4 is 5.32 Å². The lowest BCUT2D eigenvalue weighted by Gasteiger charge is -2.32. The Morgan fingerprint density at radius 3 is 2.69 bits per heavy atom. The van der Waals surface area contributed by atoms with E-state index in [1.807, 2.05) is 42.3 Å². The van der Waals surface area contributed by atoms with Gasteiger partial charge in [0, 0.05) is 44.0 Å². The Morgan fingerprint density at radius 2 is 2.00 bits per heavy atom. The monoisotopic (exact) mass is 436 g/mol. The molecule has 32 heavy (non-hydrogen) atoms. The van der Waals surface area contributed by atoms with Crippen LogP contribution in [0.15, 0.2) is 41.3 Å². The number of carbonyl (C=O) groups excluding carboxylic acids is 2. The molecule has 1 aromatic carbocycles. The van der Waals surface area contributed by atoms with E-state index in [1.54, 1.807) is 13.1 Å². The van der Waals surface area contributed by atoms with E-state index in [1.165, 1.54) is 0 Å². The number of rotatable bonds is 7. The van der Waals surface area contributed by atoms with Gasteiger partial charge in [-0.3, -0.25) is 9.59 Å². The van der Waals surface area contributed by atoms with E-state index in [4.69, 9.17) is 0 Å². The third-order valence-electron chi connectivity index (χ3n) is 5.96. The quantitative estimate of drug-likeness (QED) is 0.610. The number of aromatic nitrogens is 4. The Bertz CT molecular complexity index is 1070. The lowest BCUT2D eigenvalue weighted by molar-refractivity contribution is -0.122. The second kappa shape index (κ2) is 9.76. The molecule has 1 atom stereocenters. The van der Waals surface area contributed by atoms with Crippen LogP contribution in [-0.2, 0) is 17.9 Å². The van der Waals surface area contributed by atoms with E-state index in [9.17, 15) is 9.59 Å². The zero-order valence-electron chi connectivity index (χ0n) is 18.5. The molecule has 1 unspecified atom stereocenters. The Hall–Kier alpha value is -3.49. The Labute approximate surface area is 186 Å². The number of nitrogens with one attached hydrogen (secondary N) is 1. The summed E-state index contributed by atoms with van der Waals surface area (Å²) < 4.78 is 6.72. The van der Waals surface area contributed by atoms with E-state index in [-0.39, 0.29) is 17.7 Å². The first-order valence-corrected chi connectivity index (χ1v) is 10.9. The van der Waals surface area contributed by atoms with Crippen LogP contribution in [0, 0.1) is 19.8 Å². The van der Waals surface area contributed by atoms with Crippen LogP contribution in [-0.4, -0.2) is 49.7 Å². The van der Waals surface area contributed by atoms with Gasteiger partial charge in [-0.05, 0) is 50.3 Å². The van der Waals surface area contributed by atoms with E-state index in [0.717, 1.165) is 37.3 Å². The summed E-state index contributed by atoms with van der Waals surface area (Å²) in [5.41, 5.74) is 3.10. The van der Waals surface area contributed by atoms with Crippen LogP contribution in [0.1, 0.15) is 52.4 Å². The molecular weight excluding hydrogens is 408 g/mol. The zero-order valence-corrected chi connectivity index (χ0v) is 18.5. The summed E-state index contributed by atoms with van der Waals surface area (Å²) in [7, 11) is 0. The van der Waals surface area contributed by atoms with Gasteiger partial charge in [-0.2, -0.15) is 0 Å². The molecule has 0 spiro atoms. The van der Waals surface area contributed by atoms with E-state index >= 15 is 0 Å². The fraction of sp³-hybridized carbons (Fsp3) is 0.435. The number of nitrogens with zero attached hydrogens (tertiary/aromatic N) is 5. The predicted molar refractivity (Wildman–Crippen MR) is 117 cm³/mol. The van der Waals surface area contributed by atoms with Gasteiger partial charge in [-0.25, -0.2) is 9.61 Å². The van der Waals surface area contributed by atoms with Crippen molar-refractivity contribution in [2.75, 3.05) is 13.1 Å². The first-order valence-electron chi connectivity index (χ1n) is 10.9. The van der Waals surface area contributed by atoms with Gasteiger partial charge in [0.05, 0.1) is 6.54 Å². The van der Waals surface area contributed by atoms with Crippen LogP contribution in [0.4, 0.5) is 0 Å². The van der Waals surface area contributed by atoms with Crippen molar-refractivity contribution >= 4 is 11.8 Å². The molecule has 1 aliphatic rings. The van der Waals surface area contributed by atoms with Crippen molar-refractivity contribution in [2.45, 2.75) is 46.2 Å². The second-order valence-electron chi connectivity index (χ2n) is 8.34. The third-order valence-corrected chi connectivity index (χ3v) is 5.96. The van der Waals surface area contributed by atoms with Crippen molar-refractivity contribution in [3.05, 3.63) is 65.0 Å². The largest absolute Gasteiger partial charge is 0.350 e. The van der Waals surface area contributed by atoms with Crippen LogP contribution in [0.5, 0.6) is 0 Å². The van der Waals surface area contributed by atoms with Gasteiger partial charge in [0.15, 0.2) is 0 Å². The number of carbonyl (C=O) groups is 2. The van der Waals surface area contributed by atoms with Crippen molar-refractivity contribution < 1.29 is 14.2 Å². The summed E-state index contributed by atoms with van der Waals surface area (Å²) in [5.74, 6) is 1.07. The lowest BCUT2D eigenvalue weighted by Crippen LogP contribution is -2.41. The molecule has 1 saturated heterocycles. The maximum absolute atomic E-state index is 13.0. The Balaban J connectivity index is 1.29. The average Bonchev–Trinajstić information content (AvgIpc) is 3.40. The van der Waals surface area contributed by atoms with E-state index in [0.29, 0.717) is 36.5 Å². The molecular formula is C23H28N6O3. The van der Waals surface area contributed by atoms with Crippen molar-refractivity contribution in [3.8, 4) is 0 Å². The molecule has 1 aliphatic heterocycles. The predicted octanol–water partition coefficient (Wildman–Crippen LogP) is 2.49. The highest BCUT2D eigenvalue weighted by Gasteiger charge is 2.26. The number of hydrogen-bond donors (Lipinski definition) is 1. The van der Waals surface area contributed by atoms with E-state index in [2.05, 4.69) is 29.8 Å². The first-order chi connectivity index (χ1) is 15.5. The number of aryl methyl sites for hydroxylation is 2. The smallest absolute Gasteiger partial charge is 0.253 e. The molecule has 2 amide bonds. The van der Waals surface area contributed by atoms with Gasteiger partial charge in [0.25, 0.3) is 5.91 Å². The topological polar surface area (TPSA) is 106 Å². The number of piperidine rings is 1. The highest BCUT2D eigenvalue weighted by Crippen LogP contribution is 2.22. The van der Waals surface area contributed by atoms with Crippen LogP contribution in [0.2, 0.25) is 0 Å².